The van der Waals surface area contributed by atoms with Gasteiger partial charge in [0.05, 0.1) is 0 Å². The van der Waals surface area contributed by atoms with Gasteiger partial charge in [-0.25, -0.2) is 4.39 Å². The first-order valence-electron chi connectivity index (χ1n) is 4.98. The summed E-state index contributed by atoms with van der Waals surface area (Å²) in [5.41, 5.74) is 7.20. The maximum atomic E-state index is 12.7. The fourth-order valence-corrected chi connectivity index (χ4v) is 4.42. The molecule has 1 saturated heterocycles. The molecule has 15 heavy (non-hydrogen) atoms. The molecule has 2 atom stereocenters. The topological polar surface area (TPSA) is 26.0 Å². The number of nitrogens with two attached hydrogens (primary N) is 1. The fourth-order valence-electron chi connectivity index (χ4n) is 1.61. The van der Waals surface area contributed by atoms with Crippen LogP contribution in [0.2, 0.25) is 0 Å². The molecule has 1 heterocycles. The van der Waals surface area contributed by atoms with Crippen LogP contribution in [0.4, 0.5) is 4.39 Å². The van der Waals surface area contributed by atoms with Crippen LogP contribution in [0.5, 0.6) is 0 Å². The van der Waals surface area contributed by atoms with Crippen LogP contribution in [0.15, 0.2) is 24.3 Å². The average Bonchev–Trinajstić information content (AvgIpc) is 2.30. The van der Waals surface area contributed by atoms with Gasteiger partial charge in [-0.15, -0.1) is 0 Å². The lowest BCUT2D eigenvalue weighted by atomic mass is 10.1. The van der Waals surface area contributed by atoms with Gasteiger partial charge >= 0.3 is 0 Å². The summed E-state index contributed by atoms with van der Waals surface area (Å²) >= 11 is 3.89. The molecule has 0 bridgehead atoms. The van der Waals surface area contributed by atoms with Crippen LogP contribution >= 0.6 is 23.5 Å². The van der Waals surface area contributed by atoms with Crippen molar-refractivity contribution in [2.24, 2.45) is 5.73 Å². The van der Waals surface area contributed by atoms with E-state index >= 15 is 0 Å². The Hall–Kier alpha value is -0.190. The second kappa shape index (κ2) is 5.23. The number of benzene rings is 1. The SMILES string of the molecule is NC(c1ccc(F)cc1)C1CSCCS1. The van der Waals surface area contributed by atoms with E-state index in [1.165, 1.54) is 23.6 Å². The maximum Gasteiger partial charge on any atom is 0.123 e. The van der Waals surface area contributed by atoms with E-state index in [4.69, 9.17) is 5.73 Å². The van der Waals surface area contributed by atoms with Gasteiger partial charge in [0.2, 0.25) is 0 Å². The largest absolute Gasteiger partial charge is 0.323 e. The molecule has 1 aliphatic rings. The minimum absolute atomic E-state index is 0.0309. The number of hydrogen-bond acceptors (Lipinski definition) is 3. The lowest BCUT2D eigenvalue weighted by molar-refractivity contribution is 0.624. The highest BCUT2D eigenvalue weighted by atomic mass is 32.2. The van der Waals surface area contributed by atoms with Crippen LogP contribution in [0.25, 0.3) is 0 Å². The number of halogens is 1. The molecule has 1 aliphatic heterocycles. The Morgan fingerprint density at radius 1 is 1.27 bits per heavy atom. The lowest BCUT2D eigenvalue weighted by Gasteiger charge is -2.26. The van der Waals surface area contributed by atoms with E-state index in [1.807, 2.05) is 23.5 Å². The zero-order valence-corrected chi connectivity index (χ0v) is 9.99. The molecule has 0 saturated carbocycles. The minimum Gasteiger partial charge on any atom is -0.323 e. The van der Waals surface area contributed by atoms with E-state index in [-0.39, 0.29) is 11.9 Å². The molecular formula is C11H14FNS2. The maximum absolute atomic E-state index is 12.7. The third-order valence-corrected chi connectivity index (χ3v) is 5.38. The predicted molar refractivity (Wildman–Crippen MR) is 66.9 cm³/mol. The van der Waals surface area contributed by atoms with Crippen LogP contribution in [0, 0.1) is 5.82 Å². The van der Waals surface area contributed by atoms with Crippen molar-refractivity contribution >= 4 is 23.5 Å². The molecule has 0 spiro atoms. The number of thioether (sulfide) groups is 2. The minimum atomic E-state index is -0.198. The van der Waals surface area contributed by atoms with E-state index in [0.29, 0.717) is 5.25 Å². The van der Waals surface area contributed by atoms with Crippen molar-refractivity contribution in [1.82, 2.24) is 0 Å². The summed E-state index contributed by atoms with van der Waals surface area (Å²) in [4.78, 5) is 0. The molecule has 2 rings (SSSR count). The summed E-state index contributed by atoms with van der Waals surface area (Å²) in [5.74, 6) is 3.29. The molecule has 1 fully saturated rings. The fraction of sp³-hybridized carbons (Fsp3) is 0.455. The monoisotopic (exact) mass is 243 g/mol. The zero-order chi connectivity index (χ0) is 10.7. The summed E-state index contributed by atoms with van der Waals surface area (Å²) < 4.78 is 12.7. The van der Waals surface area contributed by atoms with E-state index < -0.39 is 0 Å². The van der Waals surface area contributed by atoms with Gasteiger partial charge in [-0.05, 0) is 17.7 Å². The standard InChI is InChI=1S/C11H14FNS2/c12-9-3-1-8(2-4-9)11(13)10-7-14-5-6-15-10/h1-4,10-11H,5-7,13H2. The van der Waals surface area contributed by atoms with Crippen molar-refractivity contribution in [2.45, 2.75) is 11.3 Å². The van der Waals surface area contributed by atoms with Gasteiger partial charge < -0.3 is 5.73 Å². The van der Waals surface area contributed by atoms with Crippen molar-refractivity contribution < 1.29 is 4.39 Å². The normalized spacial score (nSPS) is 23.7. The van der Waals surface area contributed by atoms with E-state index in [1.54, 1.807) is 12.1 Å². The van der Waals surface area contributed by atoms with Gasteiger partial charge in [0.25, 0.3) is 0 Å². The average molecular weight is 243 g/mol. The van der Waals surface area contributed by atoms with E-state index in [0.717, 1.165) is 11.3 Å². The molecule has 0 aromatic heterocycles. The summed E-state index contributed by atoms with van der Waals surface area (Å²) in [6.45, 7) is 0. The molecule has 2 N–H and O–H groups in total. The van der Waals surface area contributed by atoms with Crippen molar-refractivity contribution in [3.8, 4) is 0 Å². The van der Waals surface area contributed by atoms with Crippen molar-refractivity contribution in [3.63, 3.8) is 0 Å². The van der Waals surface area contributed by atoms with Crippen molar-refractivity contribution in [2.75, 3.05) is 17.3 Å². The molecule has 0 amide bonds. The zero-order valence-electron chi connectivity index (χ0n) is 8.36. The summed E-state index contributed by atoms with van der Waals surface area (Å²) in [7, 11) is 0. The molecule has 0 aliphatic carbocycles. The Morgan fingerprint density at radius 3 is 2.60 bits per heavy atom. The third kappa shape index (κ3) is 2.89. The Morgan fingerprint density at radius 2 is 2.00 bits per heavy atom. The second-order valence-corrected chi connectivity index (χ2v) is 6.06. The van der Waals surface area contributed by atoms with Gasteiger partial charge in [-0.3, -0.25) is 0 Å². The molecule has 82 valence electrons. The highest BCUT2D eigenvalue weighted by Gasteiger charge is 2.22. The first-order valence-corrected chi connectivity index (χ1v) is 7.18. The van der Waals surface area contributed by atoms with Gasteiger partial charge in [0, 0.05) is 28.6 Å². The van der Waals surface area contributed by atoms with Gasteiger partial charge in [-0.1, -0.05) is 12.1 Å². The summed E-state index contributed by atoms with van der Waals surface area (Å²) in [5, 5.41) is 0.467. The van der Waals surface area contributed by atoms with Crippen LogP contribution in [-0.4, -0.2) is 22.5 Å². The quantitative estimate of drug-likeness (QED) is 0.865. The molecule has 1 aromatic rings. The molecule has 2 unspecified atom stereocenters. The van der Waals surface area contributed by atoms with E-state index in [2.05, 4.69) is 0 Å². The summed E-state index contributed by atoms with van der Waals surface area (Å²) in [6.07, 6.45) is 0. The Balaban J connectivity index is 2.05. The van der Waals surface area contributed by atoms with E-state index in [9.17, 15) is 4.39 Å². The van der Waals surface area contributed by atoms with Gasteiger partial charge in [0.15, 0.2) is 0 Å². The number of rotatable bonds is 2. The molecule has 4 heteroatoms. The highest BCUT2D eigenvalue weighted by molar-refractivity contribution is 8.06. The highest BCUT2D eigenvalue weighted by Crippen LogP contribution is 2.32. The summed E-state index contributed by atoms with van der Waals surface area (Å²) in [6, 6.07) is 6.58. The lowest BCUT2D eigenvalue weighted by Crippen LogP contribution is -2.28. The van der Waals surface area contributed by atoms with Crippen LogP contribution in [-0.2, 0) is 0 Å². The molecule has 1 nitrogen and oxygen atoms in total. The Kier molecular flexibility index (Phi) is 3.94. The second-order valence-electron chi connectivity index (χ2n) is 3.56. The van der Waals surface area contributed by atoms with Gasteiger partial charge in [-0.2, -0.15) is 23.5 Å². The smallest absolute Gasteiger partial charge is 0.123 e. The van der Waals surface area contributed by atoms with Crippen LogP contribution in [0.3, 0.4) is 0 Å². The van der Waals surface area contributed by atoms with Crippen molar-refractivity contribution in [3.05, 3.63) is 35.6 Å². The Bertz CT molecular complexity index is 309. The molecule has 0 radical (unpaired) electrons. The number of hydrogen-bond donors (Lipinski definition) is 1. The Labute approximate surface area is 98.0 Å². The van der Waals surface area contributed by atoms with Crippen LogP contribution < -0.4 is 5.73 Å². The predicted octanol–water partition coefficient (Wildman–Crippen LogP) is 2.67. The molecular weight excluding hydrogens is 229 g/mol. The van der Waals surface area contributed by atoms with Crippen molar-refractivity contribution in [1.29, 1.82) is 0 Å². The van der Waals surface area contributed by atoms with Gasteiger partial charge in [0.1, 0.15) is 5.82 Å². The first-order chi connectivity index (χ1) is 7.27. The molecule has 1 aromatic carbocycles. The third-order valence-electron chi connectivity index (χ3n) is 2.50. The first kappa shape index (κ1) is 11.3. The van der Waals surface area contributed by atoms with Crippen LogP contribution in [0.1, 0.15) is 11.6 Å².